The number of nitrogen functional groups attached to an aromatic ring is 1. The molecule has 0 saturated carbocycles. The summed E-state index contributed by atoms with van der Waals surface area (Å²) in [4.78, 5) is 12.4. The molecule has 0 unspecified atom stereocenters. The fourth-order valence-corrected chi connectivity index (χ4v) is 3.09. The quantitative estimate of drug-likeness (QED) is 0.784. The Morgan fingerprint density at radius 2 is 2.05 bits per heavy atom. The van der Waals surface area contributed by atoms with Crippen LogP contribution < -0.4 is 5.73 Å². The van der Waals surface area contributed by atoms with E-state index in [1.54, 1.807) is 10.9 Å². The normalized spacial score (nSPS) is 33.4. The lowest BCUT2D eigenvalue weighted by atomic mass is 10.1. The van der Waals surface area contributed by atoms with Gasteiger partial charge in [-0.15, -0.1) is 0 Å². The standard InChI is InChI=1S/C13H17N5O4/c1-13(2)21-8-6(3-19)20-12(9(8)22-13)18-5-17-7-10(14)15-4-16-11(7)18/h4-6,8-9,12,19H,3H2,1-2H3,(H2,14,15,16)/t6-,8+,9-,12+/m0/s1. The SMILES string of the molecule is CC1(C)O[C@H]2[C@H](O1)[C@H](n1cnc3c(N)ncnc31)O[C@H]2CO. The zero-order valence-electron chi connectivity index (χ0n) is 12.2. The molecule has 2 aliphatic rings. The molecule has 4 heterocycles. The lowest BCUT2D eigenvalue weighted by Crippen LogP contribution is -2.31. The van der Waals surface area contributed by atoms with E-state index in [9.17, 15) is 5.11 Å². The van der Waals surface area contributed by atoms with Gasteiger partial charge in [-0.05, 0) is 13.8 Å². The van der Waals surface area contributed by atoms with E-state index in [2.05, 4.69) is 15.0 Å². The van der Waals surface area contributed by atoms with Crippen LogP contribution in [-0.4, -0.2) is 55.3 Å². The smallest absolute Gasteiger partial charge is 0.167 e. The van der Waals surface area contributed by atoms with E-state index in [-0.39, 0.29) is 18.8 Å². The number of rotatable bonds is 2. The molecular weight excluding hydrogens is 290 g/mol. The number of anilines is 1. The van der Waals surface area contributed by atoms with Gasteiger partial charge in [0.1, 0.15) is 30.2 Å². The number of aliphatic hydroxyl groups is 1. The highest BCUT2D eigenvalue weighted by Gasteiger charge is 2.55. The van der Waals surface area contributed by atoms with Crippen molar-refractivity contribution in [2.75, 3.05) is 12.3 Å². The maximum atomic E-state index is 9.52. The molecule has 0 spiro atoms. The van der Waals surface area contributed by atoms with Crippen molar-refractivity contribution in [3.05, 3.63) is 12.7 Å². The summed E-state index contributed by atoms with van der Waals surface area (Å²) in [7, 11) is 0. The minimum atomic E-state index is -0.727. The Hall–Kier alpha value is -1.81. The van der Waals surface area contributed by atoms with Crippen molar-refractivity contribution in [1.82, 2.24) is 19.5 Å². The molecule has 9 heteroatoms. The van der Waals surface area contributed by atoms with E-state index >= 15 is 0 Å². The summed E-state index contributed by atoms with van der Waals surface area (Å²) >= 11 is 0. The molecule has 0 aromatic carbocycles. The minimum Gasteiger partial charge on any atom is -0.394 e. The number of nitrogens with zero attached hydrogens (tertiary/aromatic N) is 4. The molecule has 2 aromatic heterocycles. The Bertz CT molecular complexity index is 718. The Morgan fingerprint density at radius 1 is 1.27 bits per heavy atom. The van der Waals surface area contributed by atoms with Gasteiger partial charge in [0.05, 0.1) is 12.9 Å². The Kier molecular flexibility index (Phi) is 2.89. The average molecular weight is 307 g/mol. The van der Waals surface area contributed by atoms with E-state index in [0.717, 1.165) is 0 Å². The molecule has 0 bridgehead atoms. The number of ether oxygens (including phenoxy) is 3. The first-order chi connectivity index (χ1) is 10.5. The largest absolute Gasteiger partial charge is 0.394 e. The van der Waals surface area contributed by atoms with Gasteiger partial charge in [0.25, 0.3) is 0 Å². The molecule has 2 aliphatic heterocycles. The molecule has 2 fully saturated rings. The van der Waals surface area contributed by atoms with E-state index in [0.29, 0.717) is 17.0 Å². The number of hydrogen-bond acceptors (Lipinski definition) is 8. The maximum absolute atomic E-state index is 9.52. The van der Waals surface area contributed by atoms with Crippen LogP contribution in [0.4, 0.5) is 5.82 Å². The number of imidazole rings is 1. The van der Waals surface area contributed by atoms with Gasteiger partial charge in [-0.2, -0.15) is 0 Å². The molecule has 2 saturated heterocycles. The van der Waals surface area contributed by atoms with E-state index in [1.807, 2.05) is 13.8 Å². The molecule has 4 atom stereocenters. The molecule has 4 rings (SSSR count). The van der Waals surface area contributed by atoms with Gasteiger partial charge < -0.3 is 25.1 Å². The topological polar surface area (TPSA) is 118 Å². The van der Waals surface area contributed by atoms with Crippen LogP contribution in [0.5, 0.6) is 0 Å². The van der Waals surface area contributed by atoms with Gasteiger partial charge in [0, 0.05) is 0 Å². The number of aromatic nitrogens is 4. The summed E-state index contributed by atoms with van der Waals surface area (Å²) in [6.07, 6.45) is 1.30. The second kappa shape index (κ2) is 4.59. The lowest BCUT2D eigenvalue weighted by molar-refractivity contribution is -0.199. The van der Waals surface area contributed by atoms with Crippen molar-refractivity contribution in [3.8, 4) is 0 Å². The molecule has 0 aliphatic carbocycles. The van der Waals surface area contributed by atoms with Crippen molar-refractivity contribution >= 4 is 17.0 Å². The first-order valence-corrected chi connectivity index (χ1v) is 7.05. The molecule has 22 heavy (non-hydrogen) atoms. The van der Waals surface area contributed by atoms with Crippen molar-refractivity contribution in [2.45, 2.75) is 44.2 Å². The molecular formula is C13H17N5O4. The highest BCUT2D eigenvalue weighted by molar-refractivity contribution is 5.81. The average Bonchev–Trinajstić information content (AvgIpc) is 3.10. The third kappa shape index (κ3) is 1.90. The minimum absolute atomic E-state index is 0.152. The predicted octanol–water partition coefficient (Wildman–Crippen LogP) is -0.182. The summed E-state index contributed by atoms with van der Waals surface area (Å²) in [5.74, 6) is -0.421. The number of hydrogen-bond donors (Lipinski definition) is 2. The molecule has 0 radical (unpaired) electrons. The van der Waals surface area contributed by atoms with E-state index in [4.69, 9.17) is 19.9 Å². The summed E-state index contributed by atoms with van der Waals surface area (Å²) in [6.45, 7) is 3.52. The van der Waals surface area contributed by atoms with Gasteiger partial charge in [-0.25, -0.2) is 15.0 Å². The highest BCUT2D eigenvalue weighted by atomic mass is 16.8. The summed E-state index contributed by atoms with van der Waals surface area (Å²) in [6, 6.07) is 0. The van der Waals surface area contributed by atoms with Crippen LogP contribution in [-0.2, 0) is 14.2 Å². The van der Waals surface area contributed by atoms with Gasteiger partial charge in [-0.3, -0.25) is 4.57 Å². The Morgan fingerprint density at radius 3 is 2.82 bits per heavy atom. The second-order valence-corrected chi connectivity index (χ2v) is 5.90. The molecule has 0 amide bonds. The zero-order chi connectivity index (χ0) is 15.5. The van der Waals surface area contributed by atoms with E-state index < -0.39 is 18.1 Å². The van der Waals surface area contributed by atoms with Crippen LogP contribution in [0, 0.1) is 0 Å². The second-order valence-electron chi connectivity index (χ2n) is 5.90. The number of nitrogens with two attached hydrogens (primary N) is 1. The maximum Gasteiger partial charge on any atom is 0.167 e. The monoisotopic (exact) mass is 307 g/mol. The third-order valence-electron chi connectivity index (χ3n) is 3.97. The fourth-order valence-electron chi connectivity index (χ4n) is 3.09. The summed E-state index contributed by atoms with van der Waals surface area (Å²) in [5, 5.41) is 9.52. The Labute approximate surface area is 126 Å². The molecule has 9 nitrogen and oxygen atoms in total. The highest BCUT2D eigenvalue weighted by Crippen LogP contribution is 2.43. The summed E-state index contributed by atoms with van der Waals surface area (Å²) in [5.41, 5.74) is 6.87. The van der Waals surface area contributed by atoms with Crippen LogP contribution in [0.3, 0.4) is 0 Å². The van der Waals surface area contributed by atoms with Gasteiger partial charge in [0.2, 0.25) is 0 Å². The molecule has 2 aromatic rings. The molecule has 118 valence electrons. The lowest BCUT2D eigenvalue weighted by Gasteiger charge is -2.24. The van der Waals surface area contributed by atoms with Gasteiger partial charge >= 0.3 is 0 Å². The van der Waals surface area contributed by atoms with Crippen molar-refractivity contribution in [3.63, 3.8) is 0 Å². The molecule has 3 N–H and O–H groups in total. The van der Waals surface area contributed by atoms with Crippen LogP contribution >= 0.6 is 0 Å². The van der Waals surface area contributed by atoms with Gasteiger partial charge in [-0.1, -0.05) is 0 Å². The van der Waals surface area contributed by atoms with Crippen molar-refractivity contribution < 1.29 is 19.3 Å². The van der Waals surface area contributed by atoms with Crippen LogP contribution in [0.15, 0.2) is 12.7 Å². The first-order valence-electron chi connectivity index (χ1n) is 7.05. The third-order valence-corrected chi connectivity index (χ3v) is 3.97. The first kappa shape index (κ1) is 13.8. The fraction of sp³-hybridized carbons (Fsp3) is 0.615. The zero-order valence-corrected chi connectivity index (χ0v) is 12.2. The van der Waals surface area contributed by atoms with Crippen molar-refractivity contribution in [1.29, 1.82) is 0 Å². The Balaban J connectivity index is 1.77. The van der Waals surface area contributed by atoms with Crippen molar-refractivity contribution in [2.24, 2.45) is 0 Å². The summed E-state index contributed by atoms with van der Waals surface area (Å²) < 4.78 is 19.4. The van der Waals surface area contributed by atoms with Gasteiger partial charge in [0.15, 0.2) is 23.5 Å². The van der Waals surface area contributed by atoms with E-state index in [1.165, 1.54) is 6.33 Å². The number of fused-ring (bicyclic) bond motifs is 2. The number of aliphatic hydroxyl groups excluding tert-OH is 1. The van der Waals surface area contributed by atoms with Crippen LogP contribution in [0.1, 0.15) is 20.1 Å². The van der Waals surface area contributed by atoms with Crippen LogP contribution in [0.25, 0.3) is 11.2 Å². The predicted molar refractivity (Wildman–Crippen MR) is 74.6 cm³/mol. The van der Waals surface area contributed by atoms with Crippen LogP contribution in [0.2, 0.25) is 0 Å².